The van der Waals surface area contributed by atoms with Crippen LogP contribution >= 0.6 is 0 Å². The van der Waals surface area contributed by atoms with Crippen molar-refractivity contribution in [1.82, 2.24) is 0 Å². The lowest BCUT2D eigenvalue weighted by Crippen LogP contribution is -2.17. The second-order valence-corrected chi connectivity index (χ2v) is 5.54. The van der Waals surface area contributed by atoms with E-state index in [1.807, 2.05) is 0 Å². The molecule has 0 N–H and O–H groups in total. The van der Waals surface area contributed by atoms with Gasteiger partial charge >= 0.3 is 9.28 Å². The van der Waals surface area contributed by atoms with Crippen LogP contribution < -0.4 is 0 Å². The first-order valence-corrected chi connectivity index (χ1v) is 7.66. The first kappa shape index (κ1) is 9.84. The van der Waals surface area contributed by atoms with E-state index in [9.17, 15) is 0 Å². The van der Waals surface area contributed by atoms with Crippen LogP contribution in [-0.4, -0.2) is 9.28 Å². The van der Waals surface area contributed by atoms with Gasteiger partial charge in [0.05, 0.1) is 11.5 Å². The average Bonchev–Trinajstić information content (AvgIpc) is 2.76. The fraction of sp³-hybridized carbons (Fsp3) is 0.636. The molecule has 78 valence electrons. The normalized spacial score (nSPS) is 21.0. The highest BCUT2D eigenvalue weighted by Gasteiger charge is 2.16. The van der Waals surface area contributed by atoms with Crippen LogP contribution in [0.15, 0.2) is 23.7 Å². The van der Waals surface area contributed by atoms with E-state index in [1.165, 1.54) is 37.2 Å². The lowest BCUT2D eigenvalue weighted by molar-refractivity contribution is 0.290. The number of hydrogen-bond acceptors (Lipinski definition) is 2. The summed E-state index contributed by atoms with van der Waals surface area (Å²) in [5.41, 5.74) is 0. The third kappa shape index (κ3) is 2.64. The van der Waals surface area contributed by atoms with Gasteiger partial charge in [-0.2, -0.15) is 0 Å². The van der Waals surface area contributed by atoms with Gasteiger partial charge < -0.3 is 8.85 Å². The Hall–Kier alpha value is -0.703. The third-order valence-electron chi connectivity index (χ3n) is 2.63. The number of hydrogen-bond donors (Lipinski definition) is 0. The van der Waals surface area contributed by atoms with Crippen LogP contribution in [0, 0.1) is 0 Å². The van der Waals surface area contributed by atoms with Crippen molar-refractivity contribution in [3.05, 3.63) is 23.7 Å². The molecule has 3 heteroatoms. The Morgan fingerprint density at radius 3 is 1.86 bits per heavy atom. The SMILES string of the molecule is C[SiH](OC1=CCCC1)OC1=CCCC1. The molecule has 0 aliphatic heterocycles. The van der Waals surface area contributed by atoms with Gasteiger partial charge in [-0.3, -0.25) is 0 Å². The fourth-order valence-corrected chi connectivity index (χ4v) is 3.28. The first-order valence-electron chi connectivity index (χ1n) is 5.56. The predicted octanol–water partition coefficient (Wildman–Crippen LogP) is 3.01. The molecule has 0 atom stereocenters. The summed E-state index contributed by atoms with van der Waals surface area (Å²) < 4.78 is 11.6. The van der Waals surface area contributed by atoms with Crippen molar-refractivity contribution in [2.75, 3.05) is 0 Å². The molecule has 0 unspecified atom stereocenters. The first-order chi connectivity index (χ1) is 6.84. The molecule has 0 saturated carbocycles. The predicted molar refractivity (Wildman–Crippen MR) is 59.1 cm³/mol. The summed E-state index contributed by atoms with van der Waals surface area (Å²) in [6.45, 7) is 2.11. The topological polar surface area (TPSA) is 18.5 Å². The smallest absolute Gasteiger partial charge is 0.440 e. The van der Waals surface area contributed by atoms with E-state index >= 15 is 0 Å². The standard InChI is InChI=1S/C11H18O2Si/c1-14(12-10-6-2-3-7-10)13-11-8-4-5-9-11/h6,8,14H,2-5,7,9H2,1H3. The van der Waals surface area contributed by atoms with E-state index < -0.39 is 9.28 Å². The summed E-state index contributed by atoms with van der Waals surface area (Å²) in [6, 6.07) is 0. The molecule has 0 radical (unpaired) electrons. The summed E-state index contributed by atoms with van der Waals surface area (Å²) in [5, 5.41) is 0. The molecule has 0 fully saturated rings. The van der Waals surface area contributed by atoms with E-state index in [4.69, 9.17) is 8.85 Å². The van der Waals surface area contributed by atoms with Crippen molar-refractivity contribution in [1.29, 1.82) is 0 Å². The second-order valence-electron chi connectivity index (χ2n) is 3.93. The van der Waals surface area contributed by atoms with Crippen molar-refractivity contribution in [3.8, 4) is 0 Å². The molecular weight excluding hydrogens is 192 g/mol. The Morgan fingerprint density at radius 2 is 1.50 bits per heavy atom. The van der Waals surface area contributed by atoms with Crippen LogP contribution in [0.25, 0.3) is 0 Å². The largest absolute Gasteiger partial charge is 0.518 e. The van der Waals surface area contributed by atoms with Crippen LogP contribution in [0.1, 0.15) is 38.5 Å². The lowest BCUT2D eigenvalue weighted by Gasteiger charge is -2.16. The Morgan fingerprint density at radius 1 is 1.00 bits per heavy atom. The van der Waals surface area contributed by atoms with Crippen molar-refractivity contribution >= 4 is 9.28 Å². The highest BCUT2D eigenvalue weighted by Crippen LogP contribution is 2.23. The monoisotopic (exact) mass is 210 g/mol. The number of rotatable bonds is 4. The quantitative estimate of drug-likeness (QED) is 0.664. The van der Waals surface area contributed by atoms with Gasteiger partial charge in [0, 0.05) is 12.8 Å². The summed E-state index contributed by atoms with van der Waals surface area (Å²) in [4.78, 5) is 0. The molecule has 0 bridgehead atoms. The van der Waals surface area contributed by atoms with E-state index in [0.29, 0.717) is 0 Å². The third-order valence-corrected chi connectivity index (χ3v) is 3.90. The van der Waals surface area contributed by atoms with Crippen LogP contribution in [-0.2, 0) is 8.85 Å². The van der Waals surface area contributed by atoms with Crippen LogP contribution in [0.3, 0.4) is 0 Å². The van der Waals surface area contributed by atoms with E-state index in [-0.39, 0.29) is 0 Å². The lowest BCUT2D eigenvalue weighted by atomic mass is 10.4. The minimum absolute atomic E-state index is 1.11. The zero-order valence-electron chi connectivity index (χ0n) is 8.79. The molecule has 0 heterocycles. The average molecular weight is 210 g/mol. The van der Waals surface area contributed by atoms with E-state index in [2.05, 4.69) is 18.7 Å². The van der Waals surface area contributed by atoms with Crippen molar-refractivity contribution in [2.24, 2.45) is 0 Å². The van der Waals surface area contributed by atoms with Crippen molar-refractivity contribution in [3.63, 3.8) is 0 Å². The molecule has 0 saturated heterocycles. The molecule has 0 spiro atoms. The second kappa shape index (κ2) is 4.69. The van der Waals surface area contributed by atoms with Gasteiger partial charge in [-0.15, -0.1) is 0 Å². The fourth-order valence-electron chi connectivity index (χ4n) is 1.95. The molecule has 0 aromatic rings. The maximum absolute atomic E-state index is 5.81. The minimum atomic E-state index is -1.45. The van der Waals surface area contributed by atoms with Gasteiger partial charge in [-0.1, -0.05) is 0 Å². The van der Waals surface area contributed by atoms with Crippen LogP contribution in [0.5, 0.6) is 0 Å². The molecule has 2 aliphatic carbocycles. The van der Waals surface area contributed by atoms with Crippen molar-refractivity contribution in [2.45, 2.75) is 45.1 Å². The Bertz CT molecular complexity index is 232. The zero-order valence-corrected chi connectivity index (χ0v) is 9.95. The maximum Gasteiger partial charge on any atom is 0.440 e. The molecule has 2 aliphatic rings. The highest BCUT2D eigenvalue weighted by molar-refractivity contribution is 6.43. The van der Waals surface area contributed by atoms with Gasteiger partial charge in [-0.05, 0) is 44.4 Å². The van der Waals surface area contributed by atoms with E-state index in [1.54, 1.807) is 0 Å². The van der Waals surface area contributed by atoms with Crippen molar-refractivity contribution < 1.29 is 8.85 Å². The molecule has 14 heavy (non-hydrogen) atoms. The van der Waals surface area contributed by atoms with Gasteiger partial charge in [0.2, 0.25) is 0 Å². The molecule has 0 amide bonds. The summed E-state index contributed by atoms with van der Waals surface area (Å²) in [5.74, 6) is 2.34. The summed E-state index contributed by atoms with van der Waals surface area (Å²) in [7, 11) is -1.45. The maximum atomic E-state index is 5.81. The van der Waals surface area contributed by atoms with Gasteiger partial charge in [0.25, 0.3) is 0 Å². The zero-order chi connectivity index (χ0) is 9.80. The van der Waals surface area contributed by atoms with Gasteiger partial charge in [0.15, 0.2) is 0 Å². The number of allylic oxidation sites excluding steroid dienone is 4. The summed E-state index contributed by atoms with van der Waals surface area (Å²) in [6.07, 6.45) is 11.5. The summed E-state index contributed by atoms with van der Waals surface area (Å²) >= 11 is 0. The Kier molecular flexibility index (Phi) is 3.29. The minimum Gasteiger partial charge on any atom is -0.518 e. The molecule has 0 aromatic heterocycles. The Labute approximate surface area is 87.4 Å². The molecule has 0 aromatic carbocycles. The highest BCUT2D eigenvalue weighted by atomic mass is 28.3. The van der Waals surface area contributed by atoms with Gasteiger partial charge in [-0.25, -0.2) is 0 Å². The Balaban J connectivity index is 1.74. The van der Waals surface area contributed by atoms with Gasteiger partial charge in [0.1, 0.15) is 0 Å². The van der Waals surface area contributed by atoms with Crippen LogP contribution in [0.2, 0.25) is 6.55 Å². The molecule has 2 nitrogen and oxygen atoms in total. The molecule has 2 rings (SSSR count). The van der Waals surface area contributed by atoms with Crippen LogP contribution in [0.4, 0.5) is 0 Å². The molecular formula is C11H18O2Si. The van der Waals surface area contributed by atoms with E-state index in [0.717, 1.165) is 12.8 Å².